The summed E-state index contributed by atoms with van der Waals surface area (Å²) in [4.78, 5) is 12.8. The number of anilines is 1. The van der Waals surface area contributed by atoms with Crippen LogP contribution in [0.2, 0.25) is 0 Å². The average molecular weight is 269 g/mol. The molecule has 0 aromatic heterocycles. The smallest absolute Gasteiger partial charge is 0.234 e. The molecule has 1 aromatic rings. The molecule has 0 atom stereocenters. The molecule has 0 aliphatic rings. The monoisotopic (exact) mass is 269 g/mol. The van der Waals surface area contributed by atoms with Crippen molar-refractivity contribution in [1.82, 2.24) is 0 Å². The Labute approximate surface area is 112 Å². The van der Waals surface area contributed by atoms with Gasteiger partial charge in [-0.15, -0.1) is 11.8 Å². The Bertz CT molecular complexity index is 355. The SMILES string of the molecule is CCCCSCC(=O)Nc1cccc(SC)c1. The highest BCUT2D eigenvalue weighted by molar-refractivity contribution is 7.99. The molecule has 0 radical (unpaired) electrons. The van der Waals surface area contributed by atoms with Gasteiger partial charge in [-0.2, -0.15) is 11.8 Å². The molecule has 0 aliphatic heterocycles. The van der Waals surface area contributed by atoms with Crippen molar-refractivity contribution in [2.24, 2.45) is 0 Å². The Hall–Kier alpha value is -0.610. The van der Waals surface area contributed by atoms with Gasteiger partial charge in [0.05, 0.1) is 5.75 Å². The Kier molecular flexibility index (Phi) is 7.21. The van der Waals surface area contributed by atoms with E-state index >= 15 is 0 Å². The van der Waals surface area contributed by atoms with E-state index in [-0.39, 0.29) is 5.91 Å². The van der Waals surface area contributed by atoms with Gasteiger partial charge in [-0.1, -0.05) is 19.4 Å². The molecule has 0 fully saturated rings. The standard InChI is InChI=1S/C13H19NOS2/c1-3-4-8-17-10-13(15)14-11-6-5-7-12(9-11)16-2/h5-7,9H,3-4,8,10H2,1-2H3,(H,14,15). The van der Waals surface area contributed by atoms with E-state index in [4.69, 9.17) is 0 Å². The van der Waals surface area contributed by atoms with Gasteiger partial charge in [0.15, 0.2) is 0 Å². The minimum Gasteiger partial charge on any atom is -0.325 e. The third kappa shape index (κ3) is 6.03. The molecule has 94 valence electrons. The summed E-state index contributed by atoms with van der Waals surface area (Å²) in [5, 5.41) is 2.92. The van der Waals surface area contributed by atoms with E-state index in [0.29, 0.717) is 5.75 Å². The lowest BCUT2D eigenvalue weighted by Crippen LogP contribution is -2.14. The number of hydrogen-bond donors (Lipinski definition) is 1. The summed E-state index contributed by atoms with van der Waals surface area (Å²) in [6.07, 6.45) is 4.39. The molecule has 1 aromatic carbocycles. The summed E-state index contributed by atoms with van der Waals surface area (Å²) < 4.78 is 0. The summed E-state index contributed by atoms with van der Waals surface area (Å²) in [6.45, 7) is 2.16. The van der Waals surface area contributed by atoms with E-state index in [1.165, 1.54) is 17.7 Å². The first-order chi connectivity index (χ1) is 8.26. The summed E-state index contributed by atoms with van der Waals surface area (Å²) in [5.74, 6) is 1.70. The van der Waals surface area contributed by atoms with E-state index in [0.717, 1.165) is 11.4 Å². The Balaban J connectivity index is 2.34. The van der Waals surface area contributed by atoms with Crippen LogP contribution in [0.4, 0.5) is 5.69 Å². The van der Waals surface area contributed by atoms with Gasteiger partial charge in [0, 0.05) is 10.6 Å². The minimum absolute atomic E-state index is 0.0874. The maximum absolute atomic E-state index is 11.6. The second kappa shape index (κ2) is 8.48. The van der Waals surface area contributed by atoms with E-state index in [9.17, 15) is 4.79 Å². The van der Waals surface area contributed by atoms with Crippen molar-refractivity contribution in [3.05, 3.63) is 24.3 Å². The largest absolute Gasteiger partial charge is 0.325 e. The number of nitrogens with one attached hydrogen (secondary N) is 1. The second-order valence-electron chi connectivity index (χ2n) is 3.69. The van der Waals surface area contributed by atoms with E-state index in [1.807, 2.05) is 30.5 Å². The van der Waals surface area contributed by atoms with Crippen molar-refractivity contribution < 1.29 is 4.79 Å². The molecular formula is C13H19NOS2. The van der Waals surface area contributed by atoms with Gasteiger partial charge in [0.25, 0.3) is 0 Å². The number of amides is 1. The van der Waals surface area contributed by atoms with Crippen molar-refractivity contribution in [2.75, 3.05) is 23.1 Å². The highest BCUT2D eigenvalue weighted by atomic mass is 32.2. The lowest BCUT2D eigenvalue weighted by atomic mass is 10.3. The molecule has 2 nitrogen and oxygen atoms in total. The van der Waals surface area contributed by atoms with Gasteiger partial charge >= 0.3 is 0 Å². The summed E-state index contributed by atoms with van der Waals surface area (Å²) in [6, 6.07) is 7.93. The first kappa shape index (κ1) is 14.5. The van der Waals surface area contributed by atoms with Crippen LogP contribution in [0.1, 0.15) is 19.8 Å². The zero-order valence-corrected chi connectivity index (χ0v) is 12.0. The third-order valence-corrected chi connectivity index (χ3v) is 4.00. The topological polar surface area (TPSA) is 29.1 Å². The summed E-state index contributed by atoms with van der Waals surface area (Å²) in [7, 11) is 0. The molecule has 1 amide bonds. The van der Waals surface area contributed by atoms with Gasteiger partial charge in [-0.05, 0) is 36.6 Å². The van der Waals surface area contributed by atoms with Crippen LogP contribution in [0.3, 0.4) is 0 Å². The van der Waals surface area contributed by atoms with Crippen LogP contribution >= 0.6 is 23.5 Å². The van der Waals surface area contributed by atoms with Crippen molar-refractivity contribution >= 4 is 35.1 Å². The number of unbranched alkanes of at least 4 members (excludes halogenated alkanes) is 1. The number of carbonyl (C=O) groups is 1. The van der Waals surface area contributed by atoms with E-state index < -0.39 is 0 Å². The third-order valence-electron chi connectivity index (χ3n) is 2.23. The summed E-state index contributed by atoms with van der Waals surface area (Å²) in [5.41, 5.74) is 0.887. The molecule has 0 heterocycles. The fourth-order valence-corrected chi connectivity index (χ4v) is 2.66. The molecule has 17 heavy (non-hydrogen) atoms. The zero-order valence-electron chi connectivity index (χ0n) is 10.4. The quantitative estimate of drug-likeness (QED) is 0.601. The van der Waals surface area contributed by atoms with Crippen molar-refractivity contribution in [3.63, 3.8) is 0 Å². The number of hydrogen-bond acceptors (Lipinski definition) is 3. The van der Waals surface area contributed by atoms with Crippen LogP contribution in [-0.4, -0.2) is 23.7 Å². The van der Waals surface area contributed by atoms with Crippen LogP contribution in [-0.2, 0) is 4.79 Å². The molecule has 0 spiro atoms. The molecule has 0 saturated carbocycles. The molecule has 4 heteroatoms. The Morgan fingerprint density at radius 3 is 2.94 bits per heavy atom. The Morgan fingerprint density at radius 1 is 1.41 bits per heavy atom. The number of thioether (sulfide) groups is 2. The molecule has 0 aliphatic carbocycles. The molecule has 0 unspecified atom stereocenters. The van der Waals surface area contributed by atoms with Crippen LogP contribution in [0.5, 0.6) is 0 Å². The van der Waals surface area contributed by atoms with E-state index in [1.54, 1.807) is 23.5 Å². The maximum atomic E-state index is 11.6. The lowest BCUT2D eigenvalue weighted by molar-refractivity contribution is -0.113. The summed E-state index contributed by atoms with van der Waals surface area (Å²) >= 11 is 3.38. The first-order valence-electron chi connectivity index (χ1n) is 5.78. The predicted molar refractivity (Wildman–Crippen MR) is 79.1 cm³/mol. The van der Waals surface area contributed by atoms with Gasteiger partial charge < -0.3 is 5.32 Å². The van der Waals surface area contributed by atoms with Crippen molar-refractivity contribution in [3.8, 4) is 0 Å². The van der Waals surface area contributed by atoms with Crippen molar-refractivity contribution in [2.45, 2.75) is 24.7 Å². The normalized spacial score (nSPS) is 10.2. The predicted octanol–water partition coefficient (Wildman–Crippen LogP) is 3.88. The van der Waals surface area contributed by atoms with Crippen LogP contribution in [0.25, 0.3) is 0 Å². The molecule has 0 bridgehead atoms. The highest BCUT2D eigenvalue weighted by Gasteiger charge is 2.02. The van der Waals surface area contributed by atoms with E-state index in [2.05, 4.69) is 12.2 Å². The lowest BCUT2D eigenvalue weighted by Gasteiger charge is -2.06. The fourth-order valence-electron chi connectivity index (χ4n) is 1.31. The molecule has 1 rings (SSSR count). The van der Waals surface area contributed by atoms with Gasteiger partial charge in [-0.25, -0.2) is 0 Å². The average Bonchev–Trinajstić information content (AvgIpc) is 2.35. The maximum Gasteiger partial charge on any atom is 0.234 e. The van der Waals surface area contributed by atoms with Gasteiger partial charge in [-0.3, -0.25) is 4.79 Å². The molecule has 1 N–H and O–H groups in total. The first-order valence-corrected chi connectivity index (χ1v) is 8.16. The number of carbonyl (C=O) groups excluding carboxylic acids is 1. The minimum atomic E-state index is 0.0874. The fraction of sp³-hybridized carbons (Fsp3) is 0.462. The van der Waals surface area contributed by atoms with Gasteiger partial charge in [0.2, 0.25) is 5.91 Å². The second-order valence-corrected chi connectivity index (χ2v) is 5.67. The van der Waals surface area contributed by atoms with Crippen molar-refractivity contribution in [1.29, 1.82) is 0 Å². The van der Waals surface area contributed by atoms with Crippen LogP contribution in [0, 0.1) is 0 Å². The number of rotatable bonds is 7. The Morgan fingerprint density at radius 2 is 2.24 bits per heavy atom. The van der Waals surface area contributed by atoms with Crippen LogP contribution in [0.15, 0.2) is 29.2 Å². The zero-order chi connectivity index (χ0) is 12.5. The van der Waals surface area contributed by atoms with Crippen LogP contribution < -0.4 is 5.32 Å². The number of benzene rings is 1. The van der Waals surface area contributed by atoms with Gasteiger partial charge in [0.1, 0.15) is 0 Å². The highest BCUT2D eigenvalue weighted by Crippen LogP contribution is 2.19. The molecular weight excluding hydrogens is 250 g/mol. The molecule has 0 saturated heterocycles.